The molecule has 0 amide bonds. The minimum atomic E-state index is -0.389. The molecule has 0 radical (unpaired) electrons. The highest BCUT2D eigenvalue weighted by atomic mass is 16.5. The number of Topliss-reactive ketones (excluding diaryl/α,β-unsaturated/α-hetero) is 1. The van der Waals surface area contributed by atoms with Crippen LogP contribution in [0.25, 0.3) is 0 Å². The zero-order chi connectivity index (χ0) is 13.1. The molecule has 1 rings (SSSR count). The number of ether oxygens (including phenoxy) is 1. The third-order valence-electron chi connectivity index (χ3n) is 2.41. The van der Waals surface area contributed by atoms with Crippen molar-refractivity contribution in [3.63, 3.8) is 0 Å². The maximum Gasteiger partial charge on any atom is 0.234 e. The first kappa shape index (κ1) is 13.8. The maximum absolute atomic E-state index is 11.8. The van der Waals surface area contributed by atoms with E-state index in [2.05, 4.69) is 10.1 Å². The highest BCUT2D eigenvalue weighted by Gasteiger charge is 2.24. The van der Waals surface area contributed by atoms with Crippen LogP contribution in [0.5, 0.6) is 0 Å². The van der Waals surface area contributed by atoms with Crippen LogP contribution in [0.15, 0.2) is 4.52 Å². The van der Waals surface area contributed by atoms with Crippen LogP contribution in [0.3, 0.4) is 0 Å². The zero-order valence-corrected chi connectivity index (χ0v) is 11.1. The Morgan fingerprint density at radius 2 is 2.12 bits per heavy atom. The van der Waals surface area contributed by atoms with E-state index in [0.717, 1.165) is 0 Å². The quantitative estimate of drug-likeness (QED) is 0.790. The lowest BCUT2D eigenvalue weighted by molar-refractivity contribution is -0.125. The van der Waals surface area contributed by atoms with E-state index >= 15 is 0 Å². The van der Waals surface area contributed by atoms with Crippen molar-refractivity contribution in [1.82, 2.24) is 10.1 Å². The van der Waals surface area contributed by atoms with Gasteiger partial charge in [-0.3, -0.25) is 4.79 Å². The molecule has 17 heavy (non-hydrogen) atoms. The molecule has 0 aromatic carbocycles. The fourth-order valence-corrected chi connectivity index (χ4v) is 1.23. The summed E-state index contributed by atoms with van der Waals surface area (Å²) >= 11 is 0. The molecule has 1 heterocycles. The van der Waals surface area contributed by atoms with Crippen LogP contribution in [-0.4, -0.2) is 22.5 Å². The van der Waals surface area contributed by atoms with Crippen LogP contribution >= 0.6 is 0 Å². The van der Waals surface area contributed by atoms with Crippen molar-refractivity contribution in [3.8, 4) is 0 Å². The second-order valence-corrected chi connectivity index (χ2v) is 4.99. The molecule has 5 nitrogen and oxygen atoms in total. The van der Waals surface area contributed by atoms with Crippen molar-refractivity contribution >= 4 is 5.78 Å². The number of carbonyl (C=O) groups is 1. The van der Waals surface area contributed by atoms with Crippen LogP contribution in [0.1, 0.15) is 52.4 Å². The summed E-state index contributed by atoms with van der Waals surface area (Å²) in [5.74, 6) is 0.923. The van der Waals surface area contributed by atoms with Crippen LogP contribution < -0.4 is 0 Å². The Morgan fingerprint density at radius 1 is 1.47 bits per heavy atom. The second kappa shape index (κ2) is 5.40. The Hall–Kier alpha value is -1.23. The van der Waals surface area contributed by atoms with Crippen molar-refractivity contribution in [3.05, 3.63) is 11.7 Å². The van der Waals surface area contributed by atoms with Gasteiger partial charge in [-0.1, -0.05) is 25.9 Å². The normalized spacial score (nSPS) is 13.7. The van der Waals surface area contributed by atoms with E-state index in [4.69, 9.17) is 9.26 Å². The number of rotatable bonds is 5. The van der Waals surface area contributed by atoms with Crippen molar-refractivity contribution in [2.45, 2.75) is 47.1 Å². The van der Waals surface area contributed by atoms with E-state index in [1.54, 1.807) is 0 Å². The lowest BCUT2D eigenvalue weighted by atomic mass is 9.89. The summed E-state index contributed by atoms with van der Waals surface area (Å²) < 4.78 is 10.4. The van der Waals surface area contributed by atoms with E-state index in [0.29, 0.717) is 18.3 Å². The van der Waals surface area contributed by atoms with Gasteiger partial charge in [-0.05, 0) is 13.8 Å². The van der Waals surface area contributed by atoms with E-state index < -0.39 is 0 Å². The predicted molar refractivity (Wildman–Crippen MR) is 62.5 cm³/mol. The monoisotopic (exact) mass is 240 g/mol. The Kier molecular flexibility index (Phi) is 4.40. The summed E-state index contributed by atoms with van der Waals surface area (Å²) in [7, 11) is 0. The van der Waals surface area contributed by atoms with Crippen LogP contribution in [0, 0.1) is 5.41 Å². The maximum atomic E-state index is 11.8. The van der Waals surface area contributed by atoms with Gasteiger partial charge in [0.05, 0.1) is 6.42 Å². The van der Waals surface area contributed by atoms with Crippen molar-refractivity contribution in [2.75, 3.05) is 6.61 Å². The van der Waals surface area contributed by atoms with Crippen molar-refractivity contribution in [2.24, 2.45) is 5.41 Å². The molecule has 0 saturated heterocycles. The van der Waals surface area contributed by atoms with Gasteiger partial charge in [0.2, 0.25) is 5.89 Å². The minimum absolute atomic E-state index is 0.0803. The molecule has 0 aliphatic heterocycles. The molecule has 1 atom stereocenters. The molecule has 0 aliphatic carbocycles. The van der Waals surface area contributed by atoms with Gasteiger partial charge < -0.3 is 9.26 Å². The van der Waals surface area contributed by atoms with Crippen LogP contribution in [-0.2, 0) is 16.0 Å². The third kappa shape index (κ3) is 3.93. The van der Waals surface area contributed by atoms with Gasteiger partial charge in [-0.2, -0.15) is 4.98 Å². The third-order valence-corrected chi connectivity index (χ3v) is 2.41. The number of hydrogen-bond donors (Lipinski definition) is 0. The van der Waals surface area contributed by atoms with Crippen molar-refractivity contribution in [1.29, 1.82) is 0 Å². The largest absolute Gasteiger partial charge is 0.371 e. The minimum Gasteiger partial charge on any atom is -0.371 e. The molecule has 0 fully saturated rings. The molecule has 0 aliphatic rings. The summed E-state index contributed by atoms with van der Waals surface area (Å²) in [5, 5.41) is 3.81. The van der Waals surface area contributed by atoms with Crippen LogP contribution in [0.2, 0.25) is 0 Å². The number of nitrogens with zero attached hydrogens (tertiary/aromatic N) is 2. The molecule has 1 aromatic rings. The molecule has 1 aromatic heterocycles. The van der Waals surface area contributed by atoms with Gasteiger partial charge in [0.25, 0.3) is 0 Å². The number of hydrogen-bond acceptors (Lipinski definition) is 5. The average molecular weight is 240 g/mol. The number of ketones is 1. The first-order valence-corrected chi connectivity index (χ1v) is 5.82. The first-order valence-electron chi connectivity index (χ1n) is 5.82. The zero-order valence-electron chi connectivity index (χ0n) is 11.1. The summed E-state index contributed by atoms with van der Waals surface area (Å²) in [6, 6.07) is 0. The summed E-state index contributed by atoms with van der Waals surface area (Å²) in [6.45, 7) is 9.95. The summed E-state index contributed by atoms with van der Waals surface area (Å²) in [5.41, 5.74) is -0.389. The Bertz CT molecular complexity index is 379. The van der Waals surface area contributed by atoms with Crippen molar-refractivity contribution < 1.29 is 14.1 Å². The molecule has 0 bridgehead atoms. The van der Waals surface area contributed by atoms with Gasteiger partial charge in [0, 0.05) is 12.0 Å². The SMILES string of the molecule is CCOC(C)c1noc(CC(=O)C(C)(C)C)n1. The average Bonchev–Trinajstić information content (AvgIpc) is 2.65. The van der Waals surface area contributed by atoms with Gasteiger partial charge in [0.15, 0.2) is 5.82 Å². The molecule has 0 saturated carbocycles. The highest BCUT2D eigenvalue weighted by Crippen LogP contribution is 2.18. The molecular weight excluding hydrogens is 220 g/mol. The Labute approximate surface area is 102 Å². The van der Waals surface area contributed by atoms with E-state index in [1.165, 1.54) is 0 Å². The van der Waals surface area contributed by atoms with Gasteiger partial charge >= 0.3 is 0 Å². The predicted octanol–water partition coefficient (Wildman–Crippen LogP) is 2.32. The molecule has 0 N–H and O–H groups in total. The van der Waals surface area contributed by atoms with E-state index in [-0.39, 0.29) is 23.7 Å². The summed E-state index contributed by atoms with van der Waals surface area (Å²) in [4.78, 5) is 15.9. The fraction of sp³-hybridized carbons (Fsp3) is 0.750. The van der Waals surface area contributed by atoms with Gasteiger partial charge in [-0.25, -0.2) is 0 Å². The lowest BCUT2D eigenvalue weighted by Gasteiger charge is -2.14. The van der Waals surface area contributed by atoms with E-state index in [1.807, 2.05) is 34.6 Å². The standard InChI is InChI=1S/C12H20N2O3/c1-6-16-8(2)11-13-10(17-14-11)7-9(15)12(3,4)5/h8H,6-7H2,1-5H3. The second-order valence-electron chi connectivity index (χ2n) is 4.99. The first-order chi connectivity index (χ1) is 7.84. The fourth-order valence-electron chi connectivity index (χ4n) is 1.23. The molecule has 1 unspecified atom stereocenters. The number of carbonyl (C=O) groups excluding carboxylic acids is 1. The molecular formula is C12H20N2O3. The van der Waals surface area contributed by atoms with Gasteiger partial charge in [0.1, 0.15) is 11.9 Å². The molecule has 5 heteroatoms. The topological polar surface area (TPSA) is 65.2 Å². The number of aromatic nitrogens is 2. The smallest absolute Gasteiger partial charge is 0.234 e. The Morgan fingerprint density at radius 3 is 2.65 bits per heavy atom. The van der Waals surface area contributed by atoms with Crippen LogP contribution in [0.4, 0.5) is 0 Å². The summed E-state index contributed by atoms with van der Waals surface area (Å²) in [6.07, 6.45) is -0.0303. The van der Waals surface area contributed by atoms with Gasteiger partial charge in [-0.15, -0.1) is 0 Å². The lowest BCUT2D eigenvalue weighted by Crippen LogP contribution is -2.22. The highest BCUT2D eigenvalue weighted by molar-refractivity contribution is 5.84. The Balaban J connectivity index is 2.66. The van der Waals surface area contributed by atoms with E-state index in [9.17, 15) is 4.79 Å². The molecule has 96 valence electrons. The molecule has 0 spiro atoms.